The van der Waals surface area contributed by atoms with Gasteiger partial charge in [-0.2, -0.15) is 0 Å². The van der Waals surface area contributed by atoms with Crippen molar-refractivity contribution in [3.63, 3.8) is 0 Å². The third kappa shape index (κ3) is 3.85. The Morgan fingerprint density at radius 2 is 1.82 bits per heavy atom. The first kappa shape index (κ1) is 14.2. The summed E-state index contributed by atoms with van der Waals surface area (Å²) in [5, 5.41) is 3.65. The van der Waals surface area contributed by atoms with Gasteiger partial charge in [0.05, 0.1) is 0 Å². The zero-order valence-electron chi connectivity index (χ0n) is 12.0. The molecule has 0 bridgehead atoms. The van der Waals surface area contributed by atoms with Crippen LogP contribution in [0.4, 0.5) is 0 Å². The third-order valence-corrected chi connectivity index (χ3v) is 3.99. The van der Waals surface area contributed by atoms with Gasteiger partial charge < -0.3 is 5.32 Å². The van der Waals surface area contributed by atoms with Crippen LogP contribution < -0.4 is 5.32 Å². The minimum atomic E-state index is 0.346. The van der Waals surface area contributed by atoms with Crippen molar-refractivity contribution >= 4 is 0 Å². The Balaban J connectivity index is 2.84. The lowest BCUT2D eigenvalue weighted by Crippen LogP contribution is -2.43. The van der Waals surface area contributed by atoms with Gasteiger partial charge in [-0.1, -0.05) is 52.0 Å². The highest BCUT2D eigenvalue weighted by Gasteiger charge is 2.27. The van der Waals surface area contributed by atoms with E-state index in [0.717, 1.165) is 13.0 Å². The Labute approximate surface area is 107 Å². The maximum Gasteiger partial charge on any atom is 0.0158 e. The van der Waals surface area contributed by atoms with E-state index in [-0.39, 0.29) is 0 Å². The highest BCUT2D eigenvalue weighted by Crippen LogP contribution is 2.28. The van der Waals surface area contributed by atoms with E-state index in [9.17, 15) is 0 Å². The fraction of sp³-hybridized carbons (Fsp3) is 0.625. The first-order chi connectivity index (χ1) is 8.01. The lowest BCUT2D eigenvalue weighted by atomic mass is 9.78. The van der Waals surface area contributed by atoms with E-state index < -0.39 is 0 Å². The average molecular weight is 233 g/mol. The fourth-order valence-electron chi connectivity index (χ4n) is 2.18. The quantitative estimate of drug-likeness (QED) is 0.784. The zero-order valence-corrected chi connectivity index (χ0v) is 12.0. The molecule has 96 valence electrons. The highest BCUT2D eigenvalue weighted by molar-refractivity contribution is 5.26. The summed E-state index contributed by atoms with van der Waals surface area (Å²) in [6.07, 6.45) is 2.33. The van der Waals surface area contributed by atoms with Crippen molar-refractivity contribution in [3.8, 4) is 0 Å². The van der Waals surface area contributed by atoms with E-state index in [2.05, 4.69) is 64.2 Å². The second-order valence-electron chi connectivity index (χ2n) is 5.58. The van der Waals surface area contributed by atoms with Crippen LogP contribution in [-0.2, 0) is 6.42 Å². The molecule has 0 amide bonds. The molecule has 0 saturated heterocycles. The molecule has 0 radical (unpaired) electrons. The number of aryl methyl sites for hydroxylation is 1. The van der Waals surface area contributed by atoms with Crippen LogP contribution >= 0.6 is 0 Å². The summed E-state index contributed by atoms with van der Waals surface area (Å²) in [6, 6.07) is 9.28. The number of rotatable bonds is 6. The van der Waals surface area contributed by atoms with Crippen molar-refractivity contribution in [3.05, 3.63) is 35.4 Å². The first-order valence-corrected chi connectivity index (χ1v) is 6.79. The van der Waals surface area contributed by atoms with Gasteiger partial charge in [0.2, 0.25) is 0 Å². The Morgan fingerprint density at radius 3 is 2.35 bits per heavy atom. The molecule has 0 saturated carbocycles. The van der Waals surface area contributed by atoms with Crippen LogP contribution in [0.1, 0.15) is 45.2 Å². The maximum atomic E-state index is 3.65. The monoisotopic (exact) mass is 233 g/mol. The molecular formula is C16H27N. The Hall–Kier alpha value is -0.820. The molecule has 0 aliphatic rings. The minimum absolute atomic E-state index is 0.346. The Morgan fingerprint density at radius 1 is 1.18 bits per heavy atom. The van der Waals surface area contributed by atoms with Crippen LogP contribution in [0.25, 0.3) is 0 Å². The van der Waals surface area contributed by atoms with Gasteiger partial charge in [0.15, 0.2) is 0 Å². The molecule has 0 aromatic heterocycles. The molecule has 1 unspecified atom stereocenters. The van der Waals surface area contributed by atoms with E-state index in [4.69, 9.17) is 0 Å². The number of benzene rings is 1. The number of hydrogen-bond donors (Lipinski definition) is 1. The molecule has 0 aliphatic heterocycles. The van der Waals surface area contributed by atoms with Crippen molar-refractivity contribution in [1.82, 2.24) is 5.32 Å². The van der Waals surface area contributed by atoms with Crippen molar-refractivity contribution in [2.75, 3.05) is 6.54 Å². The second-order valence-corrected chi connectivity index (χ2v) is 5.58. The van der Waals surface area contributed by atoms with Crippen LogP contribution in [0.3, 0.4) is 0 Å². The fourth-order valence-corrected chi connectivity index (χ4v) is 2.18. The van der Waals surface area contributed by atoms with E-state index in [1.165, 1.54) is 17.5 Å². The SMILES string of the molecule is CCNC(Cc1ccccc1C)C(C)(C)CC. The first-order valence-electron chi connectivity index (χ1n) is 6.79. The third-order valence-electron chi connectivity index (χ3n) is 3.99. The van der Waals surface area contributed by atoms with Gasteiger partial charge in [0.1, 0.15) is 0 Å². The average Bonchev–Trinajstić information content (AvgIpc) is 2.31. The number of nitrogens with one attached hydrogen (secondary N) is 1. The zero-order chi connectivity index (χ0) is 12.9. The molecule has 1 rings (SSSR count). The summed E-state index contributed by atoms with van der Waals surface area (Å²) in [5.41, 5.74) is 3.22. The van der Waals surface area contributed by atoms with Crippen LogP contribution in [0.5, 0.6) is 0 Å². The van der Waals surface area contributed by atoms with Crippen LogP contribution in [-0.4, -0.2) is 12.6 Å². The molecule has 17 heavy (non-hydrogen) atoms. The standard InChI is InChI=1S/C16H27N/c1-6-16(4,5)15(17-7-2)12-14-11-9-8-10-13(14)3/h8-11,15,17H,6-7,12H2,1-5H3. The predicted molar refractivity (Wildman–Crippen MR) is 76.4 cm³/mol. The normalized spacial score (nSPS) is 13.7. The second kappa shape index (κ2) is 6.20. The van der Waals surface area contributed by atoms with Gasteiger partial charge in [-0.05, 0) is 42.9 Å². The lowest BCUT2D eigenvalue weighted by molar-refractivity contribution is 0.232. The predicted octanol–water partition coefficient (Wildman–Crippen LogP) is 3.95. The van der Waals surface area contributed by atoms with Crippen molar-refractivity contribution in [1.29, 1.82) is 0 Å². The molecular weight excluding hydrogens is 206 g/mol. The van der Waals surface area contributed by atoms with Crippen LogP contribution in [0.15, 0.2) is 24.3 Å². The highest BCUT2D eigenvalue weighted by atomic mass is 14.9. The Kier molecular flexibility index (Phi) is 5.20. The van der Waals surface area contributed by atoms with Crippen LogP contribution in [0.2, 0.25) is 0 Å². The molecule has 0 aliphatic carbocycles. The summed E-state index contributed by atoms with van der Waals surface area (Å²) >= 11 is 0. The Bertz CT molecular complexity index is 341. The number of likely N-dealkylation sites (N-methyl/N-ethyl adjacent to an activating group) is 1. The summed E-state index contributed by atoms with van der Waals surface area (Å²) in [7, 11) is 0. The number of hydrogen-bond acceptors (Lipinski definition) is 1. The van der Waals surface area contributed by atoms with Crippen molar-refractivity contribution in [2.45, 2.75) is 53.5 Å². The summed E-state index contributed by atoms with van der Waals surface area (Å²) in [6.45, 7) is 12.4. The molecule has 1 atom stereocenters. The molecule has 0 spiro atoms. The van der Waals surface area contributed by atoms with Crippen LogP contribution in [0, 0.1) is 12.3 Å². The van der Waals surface area contributed by atoms with Gasteiger partial charge in [0, 0.05) is 6.04 Å². The van der Waals surface area contributed by atoms with Crippen molar-refractivity contribution < 1.29 is 0 Å². The van der Waals surface area contributed by atoms with E-state index >= 15 is 0 Å². The minimum Gasteiger partial charge on any atom is -0.313 e. The topological polar surface area (TPSA) is 12.0 Å². The molecule has 1 nitrogen and oxygen atoms in total. The summed E-state index contributed by atoms with van der Waals surface area (Å²) in [5.74, 6) is 0. The molecule has 1 N–H and O–H groups in total. The van der Waals surface area contributed by atoms with E-state index in [1.54, 1.807) is 0 Å². The van der Waals surface area contributed by atoms with Gasteiger partial charge in [-0.25, -0.2) is 0 Å². The van der Waals surface area contributed by atoms with E-state index in [1.807, 2.05) is 0 Å². The molecule has 1 heteroatoms. The maximum absolute atomic E-state index is 3.65. The van der Waals surface area contributed by atoms with Gasteiger partial charge >= 0.3 is 0 Å². The van der Waals surface area contributed by atoms with Crippen molar-refractivity contribution in [2.24, 2.45) is 5.41 Å². The molecule has 1 aromatic rings. The smallest absolute Gasteiger partial charge is 0.0158 e. The van der Waals surface area contributed by atoms with Gasteiger partial charge in [-0.3, -0.25) is 0 Å². The summed E-state index contributed by atoms with van der Waals surface area (Å²) in [4.78, 5) is 0. The largest absolute Gasteiger partial charge is 0.313 e. The van der Waals surface area contributed by atoms with Gasteiger partial charge in [-0.15, -0.1) is 0 Å². The summed E-state index contributed by atoms with van der Waals surface area (Å²) < 4.78 is 0. The lowest BCUT2D eigenvalue weighted by Gasteiger charge is -2.34. The van der Waals surface area contributed by atoms with Gasteiger partial charge in [0.25, 0.3) is 0 Å². The van der Waals surface area contributed by atoms with E-state index in [0.29, 0.717) is 11.5 Å². The molecule has 0 heterocycles. The molecule has 1 aromatic carbocycles. The molecule has 0 fully saturated rings.